The summed E-state index contributed by atoms with van der Waals surface area (Å²) in [6.07, 6.45) is 9.92. The Hall–Kier alpha value is -1.19. The van der Waals surface area contributed by atoms with E-state index in [2.05, 4.69) is 16.5 Å². The number of hydrogen-bond acceptors (Lipinski definition) is 4. The second-order valence-electron chi connectivity index (χ2n) is 11.1. The van der Waals surface area contributed by atoms with Gasteiger partial charge < -0.3 is 9.80 Å². The molecule has 0 aromatic heterocycles. The SMILES string of the molecule is CC(=O)N1C2CCC(C3CCCC(NS(=O)(=O)N(C)C)C3)CC2N(C(=O)C2CCC2)C[C@@H]1C. The van der Waals surface area contributed by atoms with E-state index in [0.29, 0.717) is 24.3 Å². The maximum atomic E-state index is 13.4. The Morgan fingerprint density at radius 3 is 2.18 bits per heavy atom. The quantitative estimate of drug-likeness (QED) is 0.651. The summed E-state index contributed by atoms with van der Waals surface area (Å²) < 4.78 is 28.8. The average molecular weight is 483 g/mol. The standard InChI is InChI=1S/C24H42N4O4S/c1-16-15-27(24(30)18-7-5-8-18)23-14-20(11-12-22(23)28(16)17(2)29)19-9-6-10-21(13-19)25-33(31,32)26(3)4/h16,18-23,25H,5-15H2,1-4H3/t16-,19?,20?,21?,22?,23?/m0/s1. The van der Waals surface area contributed by atoms with E-state index in [1.165, 1.54) is 4.31 Å². The molecule has 8 nitrogen and oxygen atoms in total. The Labute approximate surface area is 199 Å². The van der Waals surface area contributed by atoms with Gasteiger partial charge in [-0.2, -0.15) is 17.4 Å². The van der Waals surface area contributed by atoms with Gasteiger partial charge in [-0.25, -0.2) is 0 Å². The fourth-order valence-corrected chi connectivity index (χ4v) is 7.70. The Kier molecular flexibility index (Phi) is 7.41. The van der Waals surface area contributed by atoms with E-state index in [1.54, 1.807) is 21.0 Å². The molecule has 1 saturated heterocycles. The first-order chi connectivity index (χ1) is 15.6. The highest BCUT2D eigenvalue weighted by Crippen LogP contribution is 2.44. The van der Waals surface area contributed by atoms with Gasteiger partial charge in [-0.1, -0.05) is 19.3 Å². The van der Waals surface area contributed by atoms with Gasteiger partial charge in [0.15, 0.2) is 0 Å². The van der Waals surface area contributed by atoms with Crippen molar-refractivity contribution in [1.29, 1.82) is 0 Å². The second-order valence-corrected chi connectivity index (χ2v) is 13.0. The molecule has 4 aliphatic rings. The molecule has 1 aliphatic heterocycles. The molecule has 2 amide bonds. The molecule has 4 fully saturated rings. The van der Waals surface area contributed by atoms with Crippen LogP contribution in [0.1, 0.15) is 78.1 Å². The van der Waals surface area contributed by atoms with Crippen LogP contribution in [0.15, 0.2) is 0 Å². The molecular formula is C24H42N4O4S. The summed E-state index contributed by atoms with van der Waals surface area (Å²) >= 11 is 0. The van der Waals surface area contributed by atoms with Crippen molar-refractivity contribution in [2.45, 2.75) is 102 Å². The Morgan fingerprint density at radius 1 is 0.909 bits per heavy atom. The number of nitrogens with zero attached hydrogens (tertiary/aromatic N) is 3. The molecule has 0 radical (unpaired) electrons. The average Bonchev–Trinajstić information content (AvgIpc) is 2.71. The molecule has 0 aromatic rings. The normalized spacial score (nSPS) is 35.8. The van der Waals surface area contributed by atoms with E-state index in [4.69, 9.17) is 0 Å². The maximum Gasteiger partial charge on any atom is 0.279 e. The van der Waals surface area contributed by atoms with E-state index in [-0.39, 0.29) is 36.0 Å². The molecule has 1 heterocycles. The first kappa shape index (κ1) is 24.9. The maximum absolute atomic E-state index is 13.4. The van der Waals surface area contributed by atoms with Crippen molar-refractivity contribution in [3.8, 4) is 0 Å². The van der Waals surface area contributed by atoms with Crippen LogP contribution >= 0.6 is 0 Å². The zero-order valence-corrected chi connectivity index (χ0v) is 21.5. The minimum atomic E-state index is -3.43. The van der Waals surface area contributed by atoms with Crippen molar-refractivity contribution in [2.24, 2.45) is 17.8 Å². The largest absolute Gasteiger partial charge is 0.335 e. The lowest BCUT2D eigenvalue weighted by atomic mass is 9.68. The highest BCUT2D eigenvalue weighted by molar-refractivity contribution is 7.87. The summed E-state index contributed by atoms with van der Waals surface area (Å²) in [5.74, 6) is 1.51. The molecule has 0 aromatic carbocycles. The fourth-order valence-electron chi connectivity index (χ4n) is 6.85. The summed E-state index contributed by atoms with van der Waals surface area (Å²) in [7, 11) is -0.318. The van der Waals surface area contributed by atoms with E-state index < -0.39 is 10.2 Å². The minimum Gasteiger partial charge on any atom is -0.335 e. The van der Waals surface area contributed by atoms with Crippen molar-refractivity contribution >= 4 is 22.0 Å². The Bertz CT molecular complexity index is 843. The molecule has 3 saturated carbocycles. The first-order valence-corrected chi connectivity index (χ1v) is 14.3. The van der Waals surface area contributed by atoms with Gasteiger partial charge in [-0.15, -0.1) is 0 Å². The topological polar surface area (TPSA) is 90.0 Å². The van der Waals surface area contributed by atoms with Crippen molar-refractivity contribution < 1.29 is 18.0 Å². The van der Waals surface area contributed by atoms with Gasteiger partial charge in [0.2, 0.25) is 11.8 Å². The number of piperazine rings is 1. The number of carbonyl (C=O) groups is 2. The number of carbonyl (C=O) groups excluding carboxylic acids is 2. The Balaban J connectivity index is 1.48. The van der Waals surface area contributed by atoms with Crippen LogP contribution in [0, 0.1) is 17.8 Å². The molecule has 5 unspecified atom stereocenters. The lowest BCUT2D eigenvalue weighted by Crippen LogP contribution is -2.68. The highest BCUT2D eigenvalue weighted by Gasteiger charge is 2.49. The molecule has 3 aliphatic carbocycles. The number of amides is 2. The van der Waals surface area contributed by atoms with Gasteiger partial charge in [-0.3, -0.25) is 9.59 Å². The third kappa shape index (κ3) is 5.10. The number of nitrogens with one attached hydrogen (secondary N) is 1. The summed E-state index contributed by atoms with van der Waals surface area (Å²) in [4.78, 5) is 30.0. The predicted molar refractivity (Wildman–Crippen MR) is 127 cm³/mol. The fraction of sp³-hybridized carbons (Fsp3) is 0.917. The Morgan fingerprint density at radius 2 is 1.58 bits per heavy atom. The molecule has 6 atom stereocenters. The van der Waals surface area contributed by atoms with Crippen LogP contribution in [0.25, 0.3) is 0 Å². The smallest absolute Gasteiger partial charge is 0.279 e. The molecule has 4 rings (SSSR count). The molecular weight excluding hydrogens is 440 g/mol. The highest BCUT2D eigenvalue weighted by atomic mass is 32.2. The zero-order chi connectivity index (χ0) is 23.9. The van der Waals surface area contributed by atoms with E-state index in [9.17, 15) is 18.0 Å². The van der Waals surface area contributed by atoms with Crippen LogP contribution in [-0.4, -0.2) is 79.1 Å². The molecule has 0 spiro atoms. The van der Waals surface area contributed by atoms with Gasteiger partial charge in [-0.05, 0) is 63.7 Å². The van der Waals surface area contributed by atoms with Crippen LogP contribution in [0.4, 0.5) is 0 Å². The van der Waals surface area contributed by atoms with Gasteiger partial charge in [0, 0.05) is 45.6 Å². The number of fused-ring (bicyclic) bond motifs is 1. The van der Waals surface area contributed by atoms with E-state index >= 15 is 0 Å². The number of rotatable bonds is 5. The van der Waals surface area contributed by atoms with Gasteiger partial charge >= 0.3 is 0 Å². The molecule has 9 heteroatoms. The summed E-state index contributed by atoms with van der Waals surface area (Å²) in [6, 6.07) is 0.236. The van der Waals surface area contributed by atoms with Crippen LogP contribution in [0.3, 0.4) is 0 Å². The lowest BCUT2D eigenvalue weighted by molar-refractivity contribution is -0.159. The summed E-state index contributed by atoms with van der Waals surface area (Å²) in [5, 5.41) is 0. The summed E-state index contributed by atoms with van der Waals surface area (Å²) in [5.41, 5.74) is 0. The second kappa shape index (κ2) is 9.82. The van der Waals surface area contributed by atoms with E-state index in [0.717, 1.165) is 64.2 Å². The first-order valence-electron chi connectivity index (χ1n) is 12.9. The minimum absolute atomic E-state index is 0.0262. The third-order valence-corrected chi connectivity index (χ3v) is 10.4. The molecule has 33 heavy (non-hydrogen) atoms. The number of hydrogen-bond donors (Lipinski definition) is 1. The molecule has 188 valence electrons. The van der Waals surface area contributed by atoms with Crippen LogP contribution < -0.4 is 4.72 Å². The molecule has 1 N–H and O–H groups in total. The van der Waals surface area contributed by atoms with Crippen molar-refractivity contribution in [2.75, 3.05) is 20.6 Å². The third-order valence-electron chi connectivity index (χ3n) is 8.79. The van der Waals surface area contributed by atoms with Crippen LogP contribution in [0.5, 0.6) is 0 Å². The van der Waals surface area contributed by atoms with Crippen molar-refractivity contribution in [3.05, 3.63) is 0 Å². The predicted octanol–water partition coefficient (Wildman–Crippen LogP) is 2.36. The van der Waals surface area contributed by atoms with Gasteiger partial charge in [0.05, 0.1) is 12.1 Å². The van der Waals surface area contributed by atoms with E-state index in [1.807, 2.05) is 4.90 Å². The lowest BCUT2D eigenvalue weighted by Gasteiger charge is -2.55. The zero-order valence-electron chi connectivity index (χ0n) is 20.7. The summed E-state index contributed by atoms with van der Waals surface area (Å²) in [6.45, 7) is 4.37. The van der Waals surface area contributed by atoms with Gasteiger partial charge in [0.1, 0.15) is 0 Å². The van der Waals surface area contributed by atoms with Crippen molar-refractivity contribution in [1.82, 2.24) is 18.8 Å². The van der Waals surface area contributed by atoms with Gasteiger partial charge in [0.25, 0.3) is 10.2 Å². The van der Waals surface area contributed by atoms with Crippen LogP contribution in [-0.2, 0) is 19.8 Å². The molecule has 0 bridgehead atoms. The van der Waals surface area contributed by atoms with Crippen LogP contribution in [0.2, 0.25) is 0 Å². The monoisotopic (exact) mass is 482 g/mol. The van der Waals surface area contributed by atoms with Crippen molar-refractivity contribution in [3.63, 3.8) is 0 Å².